The van der Waals surface area contributed by atoms with Crippen LogP contribution in [0.2, 0.25) is 0 Å². The number of nitrogens with zero attached hydrogens (tertiary/aromatic N) is 2. The van der Waals surface area contributed by atoms with Gasteiger partial charge in [-0.3, -0.25) is 4.40 Å². The number of hydrogen-bond donors (Lipinski definition) is 1. The van der Waals surface area contributed by atoms with E-state index in [1.807, 2.05) is 29.1 Å². The van der Waals surface area contributed by atoms with Gasteiger partial charge in [0.15, 0.2) is 4.96 Å². The van der Waals surface area contributed by atoms with Crippen molar-refractivity contribution in [1.29, 1.82) is 0 Å². The van der Waals surface area contributed by atoms with Gasteiger partial charge in [-0.25, -0.2) is 18.1 Å². The van der Waals surface area contributed by atoms with Crippen LogP contribution in [0, 0.1) is 0 Å². The van der Waals surface area contributed by atoms with E-state index >= 15 is 0 Å². The van der Waals surface area contributed by atoms with E-state index in [0.29, 0.717) is 19.4 Å². The maximum absolute atomic E-state index is 11.6. The minimum absolute atomic E-state index is 0.210. The van der Waals surface area contributed by atoms with E-state index in [9.17, 15) is 8.42 Å². The van der Waals surface area contributed by atoms with Crippen LogP contribution in [0.15, 0.2) is 17.8 Å². The molecule has 0 saturated heterocycles. The zero-order valence-corrected chi connectivity index (χ0v) is 11.9. The van der Waals surface area contributed by atoms with Gasteiger partial charge in [0.1, 0.15) is 0 Å². The molecule has 0 saturated carbocycles. The highest BCUT2D eigenvalue weighted by atomic mass is 32.2. The first-order valence-corrected chi connectivity index (χ1v) is 8.52. The van der Waals surface area contributed by atoms with Crippen LogP contribution in [0.1, 0.15) is 25.5 Å². The van der Waals surface area contributed by atoms with Crippen LogP contribution in [0.4, 0.5) is 0 Å². The molecule has 0 fully saturated rings. The van der Waals surface area contributed by atoms with Crippen molar-refractivity contribution in [1.82, 2.24) is 14.1 Å². The molecule has 0 amide bonds. The highest BCUT2D eigenvalue weighted by Crippen LogP contribution is 2.11. The first-order valence-electron chi connectivity index (χ1n) is 5.99. The molecule has 0 bridgehead atoms. The molecule has 0 unspecified atom stereocenters. The molecular formula is C11H17N3O2S2. The molecule has 0 spiro atoms. The Morgan fingerprint density at radius 3 is 3.06 bits per heavy atom. The first-order chi connectivity index (χ1) is 8.61. The van der Waals surface area contributed by atoms with Crippen molar-refractivity contribution >= 4 is 26.3 Å². The summed E-state index contributed by atoms with van der Waals surface area (Å²) in [6.07, 6.45) is 6.10. The summed E-state index contributed by atoms with van der Waals surface area (Å²) in [5, 5.41) is 1.97. The second-order valence-corrected chi connectivity index (χ2v) is 6.94. The van der Waals surface area contributed by atoms with E-state index in [0.717, 1.165) is 17.1 Å². The van der Waals surface area contributed by atoms with Gasteiger partial charge in [-0.15, -0.1) is 11.3 Å². The molecule has 2 rings (SSSR count). The van der Waals surface area contributed by atoms with Crippen LogP contribution < -0.4 is 4.72 Å². The molecule has 0 aromatic carbocycles. The molecule has 0 aliphatic heterocycles. The second kappa shape index (κ2) is 5.81. The van der Waals surface area contributed by atoms with Crippen molar-refractivity contribution in [2.45, 2.75) is 26.2 Å². The molecule has 100 valence electrons. The molecular weight excluding hydrogens is 270 g/mol. The van der Waals surface area contributed by atoms with Crippen molar-refractivity contribution in [2.75, 3.05) is 12.3 Å². The second-order valence-electron chi connectivity index (χ2n) is 4.14. The van der Waals surface area contributed by atoms with Gasteiger partial charge in [-0.05, 0) is 6.42 Å². The smallest absolute Gasteiger partial charge is 0.211 e. The van der Waals surface area contributed by atoms with Gasteiger partial charge in [-0.2, -0.15) is 0 Å². The van der Waals surface area contributed by atoms with E-state index in [4.69, 9.17) is 0 Å². The number of fused-ring (bicyclic) bond motifs is 1. The molecule has 0 aliphatic rings. The van der Waals surface area contributed by atoms with Crippen LogP contribution in [-0.4, -0.2) is 30.1 Å². The van der Waals surface area contributed by atoms with Crippen LogP contribution in [0.25, 0.3) is 4.96 Å². The van der Waals surface area contributed by atoms with Crippen LogP contribution in [0.5, 0.6) is 0 Å². The number of thiazole rings is 1. The molecule has 18 heavy (non-hydrogen) atoms. The third-order valence-corrected chi connectivity index (χ3v) is 4.85. The van der Waals surface area contributed by atoms with Crippen LogP contribution in [-0.2, 0) is 16.4 Å². The summed E-state index contributed by atoms with van der Waals surface area (Å²) in [4.78, 5) is 5.34. The average molecular weight is 287 g/mol. The number of hydrogen-bond acceptors (Lipinski definition) is 4. The van der Waals surface area contributed by atoms with Gasteiger partial charge in [0.2, 0.25) is 10.0 Å². The number of nitrogens with one attached hydrogen (secondary N) is 1. The third-order valence-electron chi connectivity index (χ3n) is 2.61. The highest BCUT2D eigenvalue weighted by molar-refractivity contribution is 7.89. The molecule has 2 aromatic rings. The molecule has 7 heteroatoms. The SMILES string of the molecule is CCCCS(=O)(=O)NCCc1cn2ccsc2n1. The molecule has 2 aromatic heterocycles. The van der Waals surface area contributed by atoms with Gasteiger partial charge in [0.05, 0.1) is 11.4 Å². The molecule has 0 radical (unpaired) electrons. The van der Waals surface area contributed by atoms with E-state index < -0.39 is 10.0 Å². The Hall–Kier alpha value is -0.920. The van der Waals surface area contributed by atoms with Crippen molar-refractivity contribution < 1.29 is 8.42 Å². The fraction of sp³-hybridized carbons (Fsp3) is 0.545. The predicted octanol–water partition coefficient (Wildman–Crippen LogP) is 1.66. The summed E-state index contributed by atoms with van der Waals surface area (Å²) in [6.45, 7) is 2.39. The summed E-state index contributed by atoms with van der Waals surface area (Å²) < 4.78 is 27.7. The van der Waals surface area contributed by atoms with Crippen molar-refractivity contribution in [2.24, 2.45) is 0 Å². The van der Waals surface area contributed by atoms with E-state index in [1.54, 1.807) is 11.3 Å². The maximum Gasteiger partial charge on any atom is 0.211 e. The van der Waals surface area contributed by atoms with E-state index in [2.05, 4.69) is 9.71 Å². The largest absolute Gasteiger partial charge is 0.297 e. The lowest BCUT2D eigenvalue weighted by atomic mass is 10.3. The quantitative estimate of drug-likeness (QED) is 0.842. The minimum Gasteiger partial charge on any atom is -0.297 e. The van der Waals surface area contributed by atoms with Crippen molar-refractivity contribution in [3.63, 3.8) is 0 Å². The Morgan fingerprint density at radius 2 is 2.33 bits per heavy atom. The number of aromatic nitrogens is 2. The zero-order chi connectivity index (χ0) is 13.0. The predicted molar refractivity (Wildman–Crippen MR) is 73.5 cm³/mol. The van der Waals surface area contributed by atoms with E-state index in [1.165, 1.54) is 0 Å². The Morgan fingerprint density at radius 1 is 1.50 bits per heavy atom. The molecule has 5 nitrogen and oxygen atoms in total. The Bertz CT molecular complexity index is 572. The minimum atomic E-state index is -3.11. The van der Waals surface area contributed by atoms with Gasteiger partial charge < -0.3 is 0 Å². The van der Waals surface area contributed by atoms with E-state index in [-0.39, 0.29) is 5.75 Å². The lowest BCUT2D eigenvalue weighted by Gasteiger charge is -2.04. The summed E-state index contributed by atoms with van der Waals surface area (Å²) in [5.74, 6) is 0.210. The molecule has 0 aliphatic carbocycles. The zero-order valence-electron chi connectivity index (χ0n) is 10.3. The third kappa shape index (κ3) is 3.54. The molecule has 1 N–H and O–H groups in total. The average Bonchev–Trinajstić information content (AvgIpc) is 2.86. The Kier molecular flexibility index (Phi) is 4.36. The Balaban J connectivity index is 1.83. The lowest BCUT2D eigenvalue weighted by Crippen LogP contribution is -2.28. The van der Waals surface area contributed by atoms with Gasteiger partial charge in [0.25, 0.3) is 0 Å². The molecule has 0 atom stereocenters. The number of rotatable bonds is 7. The monoisotopic (exact) mass is 287 g/mol. The number of imidazole rings is 1. The fourth-order valence-electron chi connectivity index (χ4n) is 1.64. The number of sulfonamides is 1. The van der Waals surface area contributed by atoms with Gasteiger partial charge in [0, 0.05) is 30.7 Å². The summed E-state index contributed by atoms with van der Waals surface area (Å²) in [5.41, 5.74) is 0.917. The number of unbranched alkanes of at least 4 members (excludes halogenated alkanes) is 1. The van der Waals surface area contributed by atoms with Crippen LogP contribution >= 0.6 is 11.3 Å². The standard InChI is InChI=1S/C11H17N3O2S2/c1-2-3-8-18(15,16)12-5-4-10-9-14-6-7-17-11(14)13-10/h6-7,9,12H,2-5,8H2,1H3. The van der Waals surface area contributed by atoms with Crippen LogP contribution in [0.3, 0.4) is 0 Å². The van der Waals surface area contributed by atoms with Crippen molar-refractivity contribution in [3.05, 3.63) is 23.5 Å². The summed E-state index contributed by atoms with van der Waals surface area (Å²) in [7, 11) is -3.11. The summed E-state index contributed by atoms with van der Waals surface area (Å²) in [6, 6.07) is 0. The summed E-state index contributed by atoms with van der Waals surface area (Å²) >= 11 is 1.57. The van der Waals surface area contributed by atoms with Gasteiger partial charge >= 0.3 is 0 Å². The molecule has 2 heterocycles. The first kappa shape index (κ1) is 13.5. The topological polar surface area (TPSA) is 63.5 Å². The highest BCUT2D eigenvalue weighted by Gasteiger charge is 2.09. The normalized spacial score (nSPS) is 12.3. The Labute approximate surface area is 111 Å². The maximum atomic E-state index is 11.6. The van der Waals surface area contributed by atoms with Gasteiger partial charge in [-0.1, -0.05) is 13.3 Å². The lowest BCUT2D eigenvalue weighted by molar-refractivity contribution is 0.578. The fourth-order valence-corrected chi connectivity index (χ4v) is 3.58. The van der Waals surface area contributed by atoms with Crippen molar-refractivity contribution in [3.8, 4) is 0 Å².